The van der Waals surface area contributed by atoms with Crippen molar-refractivity contribution in [2.75, 3.05) is 0 Å². The summed E-state index contributed by atoms with van der Waals surface area (Å²) in [6, 6.07) is 0. The maximum Gasteiger partial charge on any atom is 0.0648 e. The highest BCUT2D eigenvalue weighted by Crippen LogP contribution is 2.14. The van der Waals surface area contributed by atoms with Gasteiger partial charge in [0.25, 0.3) is 0 Å². The van der Waals surface area contributed by atoms with Crippen LogP contribution < -0.4 is 5.43 Å². The second-order valence-corrected chi connectivity index (χ2v) is 4.22. The number of unbranched alkanes of at least 4 members (excludes halogenated alkanes) is 6. The van der Waals surface area contributed by atoms with Gasteiger partial charge in [0.15, 0.2) is 0 Å². The first kappa shape index (κ1) is 12.9. The highest BCUT2D eigenvalue weighted by atomic mass is 15.4. The number of hydrogen-bond donors (Lipinski definition) is 1. The second kappa shape index (κ2) is 9.13. The fourth-order valence-corrected chi connectivity index (χ4v) is 1.76. The molecule has 0 aromatic carbocycles. The van der Waals surface area contributed by atoms with Crippen molar-refractivity contribution in [3.8, 4) is 0 Å². The smallest absolute Gasteiger partial charge is 0.0648 e. The van der Waals surface area contributed by atoms with E-state index in [0.717, 1.165) is 12.1 Å². The third-order valence-electron chi connectivity index (χ3n) is 2.73. The highest BCUT2D eigenvalue weighted by molar-refractivity contribution is 5.11. The second-order valence-electron chi connectivity index (χ2n) is 4.22. The number of nitrogens with zero attached hydrogens (tertiary/aromatic N) is 2. The van der Waals surface area contributed by atoms with Gasteiger partial charge >= 0.3 is 0 Å². The Morgan fingerprint density at radius 2 is 1.81 bits per heavy atom. The maximum absolute atomic E-state index is 4.08. The Hall–Kier alpha value is -1.12. The molecule has 0 fully saturated rings. The topological polar surface area (TPSA) is 36.8 Å². The number of rotatable bonds is 8. The van der Waals surface area contributed by atoms with Crippen molar-refractivity contribution in [2.45, 2.75) is 58.3 Å². The van der Waals surface area contributed by atoms with Crippen LogP contribution in [0.1, 0.15) is 58.3 Å². The SMILES string of the molecule is CCCCCCCCCC1=CC=CNN=N1. The molecule has 1 rings (SSSR count). The molecule has 3 nitrogen and oxygen atoms in total. The van der Waals surface area contributed by atoms with Gasteiger partial charge in [-0.3, -0.25) is 5.43 Å². The molecule has 3 heteroatoms. The molecule has 0 amide bonds. The largest absolute Gasteiger partial charge is 0.267 e. The number of hydrogen-bond acceptors (Lipinski definition) is 3. The van der Waals surface area contributed by atoms with Crippen molar-refractivity contribution >= 4 is 0 Å². The fraction of sp³-hybridized carbons (Fsp3) is 0.692. The molecule has 0 saturated carbocycles. The summed E-state index contributed by atoms with van der Waals surface area (Å²) in [5.74, 6) is 0. The molecule has 1 N–H and O–H groups in total. The fourth-order valence-electron chi connectivity index (χ4n) is 1.76. The lowest BCUT2D eigenvalue weighted by Gasteiger charge is -2.01. The molecular weight excluding hydrogens is 198 g/mol. The van der Waals surface area contributed by atoms with Crippen LogP contribution in [0.4, 0.5) is 0 Å². The summed E-state index contributed by atoms with van der Waals surface area (Å²) in [6.07, 6.45) is 16.2. The predicted molar refractivity (Wildman–Crippen MR) is 67.8 cm³/mol. The summed E-state index contributed by atoms with van der Waals surface area (Å²) in [4.78, 5) is 0. The Labute approximate surface area is 98.7 Å². The Morgan fingerprint density at radius 1 is 1.06 bits per heavy atom. The standard InChI is InChI=1S/C13H23N3/c1-2-3-4-5-6-7-8-10-13-11-9-12-14-16-15-13/h9,11-12H,2-8,10H2,1H3,(H,14,15). The van der Waals surface area contributed by atoms with Crippen molar-refractivity contribution < 1.29 is 0 Å². The van der Waals surface area contributed by atoms with E-state index in [0.29, 0.717) is 0 Å². The van der Waals surface area contributed by atoms with E-state index in [1.165, 1.54) is 44.9 Å². The minimum atomic E-state index is 1.04. The summed E-state index contributed by atoms with van der Waals surface area (Å²) >= 11 is 0. The maximum atomic E-state index is 4.08. The van der Waals surface area contributed by atoms with Crippen molar-refractivity contribution in [1.82, 2.24) is 5.43 Å². The van der Waals surface area contributed by atoms with Gasteiger partial charge in [0.05, 0.1) is 5.70 Å². The molecule has 0 atom stereocenters. The minimum absolute atomic E-state index is 1.04. The summed E-state index contributed by atoms with van der Waals surface area (Å²) in [6.45, 7) is 2.26. The van der Waals surface area contributed by atoms with Crippen molar-refractivity contribution in [2.24, 2.45) is 10.3 Å². The van der Waals surface area contributed by atoms with Gasteiger partial charge in [-0.2, -0.15) is 0 Å². The van der Waals surface area contributed by atoms with E-state index in [4.69, 9.17) is 0 Å². The molecule has 0 aromatic rings. The van der Waals surface area contributed by atoms with Crippen LogP contribution in [0, 0.1) is 0 Å². The minimum Gasteiger partial charge on any atom is -0.267 e. The molecule has 0 spiro atoms. The van der Waals surface area contributed by atoms with E-state index in [9.17, 15) is 0 Å². The van der Waals surface area contributed by atoms with Gasteiger partial charge in [0.2, 0.25) is 0 Å². The Balaban J connectivity index is 1.98. The van der Waals surface area contributed by atoms with Crippen LogP contribution in [0.5, 0.6) is 0 Å². The zero-order chi connectivity index (χ0) is 11.5. The van der Waals surface area contributed by atoms with Gasteiger partial charge < -0.3 is 0 Å². The van der Waals surface area contributed by atoms with Crippen LogP contribution in [-0.4, -0.2) is 0 Å². The summed E-state index contributed by atoms with van der Waals surface area (Å²) in [5, 5.41) is 7.89. The van der Waals surface area contributed by atoms with Gasteiger partial charge in [-0.05, 0) is 25.0 Å². The lowest BCUT2D eigenvalue weighted by atomic mass is 10.1. The molecule has 0 saturated heterocycles. The van der Waals surface area contributed by atoms with Gasteiger partial charge in [-0.15, -0.1) is 5.11 Å². The first-order valence-electron chi connectivity index (χ1n) is 6.45. The molecule has 0 radical (unpaired) electrons. The summed E-state index contributed by atoms with van der Waals surface area (Å²) in [5.41, 5.74) is 3.81. The highest BCUT2D eigenvalue weighted by Gasteiger charge is 1.97. The van der Waals surface area contributed by atoms with Crippen LogP contribution in [0.2, 0.25) is 0 Å². The molecule has 1 aliphatic heterocycles. The van der Waals surface area contributed by atoms with E-state index in [-0.39, 0.29) is 0 Å². The molecule has 1 heterocycles. The normalized spacial score (nSPS) is 14.4. The van der Waals surface area contributed by atoms with Crippen LogP contribution in [0.25, 0.3) is 0 Å². The number of nitrogens with one attached hydrogen (secondary N) is 1. The molecule has 0 aromatic heterocycles. The van der Waals surface area contributed by atoms with Gasteiger partial charge in [-0.1, -0.05) is 50.7 Å². The van der Waals surface area contributed by atoms with Crippen LogP contribution in [0.15, 0.2) is 34.4 Å². The monoisotopic (exact) mass is 221 g/mol. The van der Waals surface area contributed by atoms with E-state index in [1.54, 1.807) is 6.20 Å². The predicted octanol–water partition coefficient (Wildman–Crippen LogP) is 4.50. The third-order valence-corrected chi connectivity index (χ3v) is 2.73. The zero-order valence-electron chi connectivity index (χ0n) is 10.3. The molecule has 0 bridgehead atoms. The van der Waals surface area contributed by atoms with Crippen molar-refractivity contribution in [1.29, 1.82) is 0 Å². The molecule has 0 aliphatic carbocycles. The van der Waals surface area contributed by atoms with E-state index in [1.807, 2.05) is 12.2 Å². The van der Waals surface area contributed by atoms with Crippen molar-refractivity contribution in [3.63, 3.8) is 0 Å². The van der Waals surface area contributed by atoms with E-state index in [2.05, 4.69) is 22.7 Å². The lowest BCUT2D eigenvalue weighted by molar-refractivity contribution is 0.586. The van der Waals surface area contributed by atoms with Gasteiger partial charge in [-0.25, -0.2) is 0 Å². The molecular formula is C13H23N3. The Bertz CT molecular complexity index is 254. The Morgan fingerprint density at radius 3 is 2.62 bits per heavy atom. The van der Waals surface area contributed by atoms with Gasteiger partial charge in [0, 0.05) is 6.20 Å². The Kier molecular flexibility index (Phi) is 7.39. The quantitative estimate of drug-likeness (QED) is 0.602. The number of allylic oxidation sites excluding steroid dienone is 3. The van der Waals surface area contributed by atoms with Crippen LogP contribution >= 0.6 is 0 Å². The average molecular weight is 221 g/mol. The van der Waals surface area contributed by atoms with E-state index >= 15 is 0 Å². The summed E-state index contributed by atoms with van der Waals surface area (Å²) in [7, 11) is 0. The third kappa shape index (κ3) is 6.38. The molecule has 90 valence electrons. The first-order chi connectivity index (χ1) is 7.93. The van der Waals surface area contributed by atoms with E-state index < -0.39 is 0 Å². The van der Waals surface area contributed by atoms with Crippen molar-refractivity contribution in [3.05, 3.63) is 24.0 Å². The molecule has 0 unspecified atom stereocenters. The van der Waals surface area contributed by atoms with Crippen LogP contribution in [0.3, 0.4) is 0 Å². The van der Waals surface area contributed by atoms with Gasteiger partial charge in [0.1, 0.15) is 0 Å². The molecule has 16 heavy (non-hydrogen) atoms. The average Bonchev–Trinajstić information content (AvgIpc) is 2.56. The van der Waals surface area contributed by atoms with Crippen LogP contribution in [-0.2, 0) is 0 Å². The molecule has 1 aliphatic rings. The first-order valence-corrected chi connectivity index (χ1v) is 6.45. The zero-order valence-corrected chi connectivity index (χ0v) is 10.3. The summed E-state index contributed by atoms with van der Waals surface area (Å²) < 4.78 is 0. The lowest BCUT2D eigenvalue weighted by Crippen LogP contribution is -1.88.